The van der Waals surface area contributed by atoms with E-state index in [2.05, 4.69) is 52.2 Å². The first-order valence-electron chi connectivity index (χ1n) is 5.35. The summed E-state index contributed by atoms with van der Waals surface area (Å²) in [5.41, 5.74) is 0.196. The number of rotatable bonds is 3. The number of hydrogen-bond acceptors (Lipinski definition) is 2. The van der Waals surface area contributed by atoms with Gasteiger partial charge in [-0.1, -0.05) is 13.8 Å². The van der Waals surface area contributed by atoms with Crippen molar-refractivity contribution in [2.24, 2.45) is 0 Å². The van der Waals surface area contributed by atoms with Crippen LogP contribution in [0, 0.1) is 0 Å². The normalized spacial score (nSPS) is 13.6. The molecule has 0 bridgehead atoms. The lowest BCUT2D eigenvalue weighted by molar-refractivity contribution is 0.319. The molecule has 0 spiro atoms. The van der Waals surface area contributed by atoms with Gasteiger partial charge >= 0.3 is 0 Å². The molecule has 0 aliphatic carbocycles. The van der Waals surface area contributed by atoms with Crippen molar-refractivity contribution in [1.29, 1.82) is 0 Å². The van der Waals surface area contributed by atoms with Crippen molar-refractivity contribution in [3.63, 3.8) is 0 Å². The first kappa shape index (κ1) is 15.4. The van der Waals surface area contributed by atoms with Crippen molar-refractivity contribution in [1.82, 2.24) is 10.6 Å². The lowest BCUT2D eigenvalue weighted by Crippen LogP contribution is -2.51. The van der Waals surface area contributed by atoms with Gasteiger partial charge in [-0.25, -0.2) is 0 Å². The van der Waals surface area contributed by atoms with E-state index in [9.17, 15) is 0 Å². The molecule has 0 aromatic heterocycles. The Kier molecular flexibility index (Phi) is 8.69. The van der Waals surface area contributed by atoms with Crippen LogP contribution < -0.4 is 10.6 Å². The number of nitrogens with one attached hydrogen (secondary N) is 2. The molecule has 0 aliphatic rings. The van der Waals surface area contributed by atoms with Crippen LogP contribution in [0.25, 0.3) is 0 Å². The van der Waals surface area contributed by atoms with Gasteiger partial charge in [-0.15, -0.1) is 0 Å². The maximum atomic E-state index is 3.44. The smallest absolute Gasteiger partial charge is 0.0548 e. The molecule has 2 nitrogen and oxygen atoms in total. The van der Waals surface area contributed by atoms with Gasteiger partial charge in [-0.2, -0.15) is 0 Å². The van der Waals surface area contributed by atoms with Gasteiger partial charge < -0.3 is 0 Å². The molecule has 0 radical (unpaired) electrons. The van der Waals surface area contributed by atoms with Gasteiger partial charge in [0.05, 0.1) is 6.17 Å². The van der Waals surface area contributed by atoms with Crippen molar-refractivity contribution >= 4 is 0 Å². The SMILES string of the molecule is CC.CC(C)NC(C)NC(C)(C)C. The van der Waals surface area contributed by atoms with Crippen molar-refractivity contribution in [3.05, 3.63) is 0 Å². The predicted molar refractivity (Wildman–Crippen MR) is 62.0 cm³/mol. The summed E-state index contributed by atoms with van der Waals surface area (Å²) in [5.74, 6) is 0. The molecule has 0 aromatic carbocycles. The molecule has 0 saturated carbocycles. The molecule has 2 heteroatoms. The van der Waals surface area contributed by atoms with Gasteiger partial charge in [-0.3, -0.25) is 10.6 Å². The average molecular weight is 188 g/mol. The standard InChI is InChI=1S/C9H22N2.C2H6/c1-7(2)10-8(3)11-9(4,5)6;1-2/h7-8,10-11H,1-6H3;1-2H3. The van der Waals surface area contributed by atoms with Gasteiger partial charge in [0, 0.05) is 11.6 Å². The van der Waals surface area contributed by atoms with Crippen molar-refractivity contribution in [2.45, 2.75) is 73.1 Å². The topological polar surface area (TPSA) is 24.1 Å². The molecule has 0 rings (SSSR count). The van der Waals surface area contributed by atoms with Gasteiger partial charge in [-0.05, 0) is 41.5 Å². The minimum atomic E-state index is 0.196. The molecular weight excluding hydrogens is 160 g/mol. The molecular formula is C11H28N2. The van der Waals surface area contributed by atoms with Gasteiger partial charge in [0.15, 0.2) is 0 Å². The molecule has 0 amide bonds. The summed E-state index contributed by atoms with van der Waals surface area (Å²) in [6.07, 6.45) is 0.384. The van der Waals surface area contributed by atoms with E-state index in [1.807, 2.05) is 13.8 Å². The highest BCUT2D eigenvalue weighted by molar-refractivity contribution is 4.74. The summed E-state index contributed by atoms with van der Waals surface area (Å²) in [6, 6.07) is 0.542. The minimum Gasteiger partial charge on any atom is -0.300 e. The molecule has 1 atom stereocenters. The first-order chi connectivity index (χ1) is 5.81. The highest BCUT2D eigenvalue weighted by Crippen LogP contribution is 1.99. The van der Waals surface area contributed by atoms with E-state index < -0.39 is 0 Å². The van der Waals surface area contributed by atoms with Gasteiger partial charge in [0.2, 0.25) is 0 Å². The van der Waals surface area contributed by atoms with Crippen LogP contribution in [0.1, 0.15) is 55.4 Å². The fourth-order valence-corrected chi connectivity index (χ4v) is 1.19. The van der Waals surface area contributed by atoms with E-state index in [1.165, 1.54) is 0 Å². The summed E-state index contributed by atoms with van der Waals surface area (Å²) < 4.78 is 0. The third-order valence-electron chi connectivity index (χ3n) is 1.23. The lowest BCUT2D eigenvalue weighted by Gasteiger charge is -2.28. The van der Waals surface area contributed by atoms with Crippen LogP contribution >= 0.6 is 0 Å². The maximum absolute atomic E-state index is 3.44. The van der Waals surface area contributed by atoms with Crippen LogP contribution in [0.4, 0.5) is 0 Å². The summed E-state index contributed by atoms with van der Waals surface area (Å²) in [6.45, 7) is 17.0. The monoisotopic (exact) mass is 188 g/mol. The Morgan fingerprint density at radius 2 is 1.31 bits per heavy atom. The van der Waals surface area contributed by atoms with E-state index >= 15 is 0 Å². The first-order valence-corrected chi connectivity index (χ1v) is 5.35. The fourth-order valence-electron chi connectivity index (χ4n) is 1.19. The van der Waals surface area contributed by atoms with E-state index in [1.54, 1.807) is 0 Å². The highest BCUT2D eigenvalue weighted by Gasteiger charge is 2.12. The predicted octanol–water partition coefficient (Wildman–Crippen LogP) is 2.74. The Bertz CT molecular complexity index is 103. The maximum Gasteiger partial charge on any atom is 0.0548 e. The zero-order valence-electron chi connectivity index (χ0n) is 10.7. The fraction of sp³-hybridized carbons (Fsp3) is 1.00. The molecule has 1 unspecified atom stereocenters. The Hall–Kier alpha value is -0.0800. The van der Waals surface area contributed by atoms with Crippen LogP contribution in [0.5, 0.6) is 0 Å². The molecule has 82 valence electrons. The second kappa shape index (κ2) is 7.34. The second-order valence-corrected chi connectivity index (χ2v) is 4.44. The van der Waals surface area contributed by atoms with E-state index in [0.717, 1.165) is 0 Å². The highest BCUT2D eigenvalue weighted by atomic mass is 15.2. The van der Waals surface area contributed by atoms with E-state index in [0.29, 0.717) is 12.2 Å². The van der Waals surface area contributed by atoms with Crippen molar-refractivity contribution in [3.8, 4) is 0 Å². The van der Waals surface area contributed by atoms with Gasteiger partial charge in [0.1, 0.15) is 0 Å². The minimum absolute atomic E-state index is 0.196. The quantitative estimate of drug-likeness (QED) is 0.666. The molecule has 0 fully saturated rings. The Balaban J connectivity index is 0. The molecule has 0 aromatic rings. The Morgan fingerprint density at radius 3 is 1.54 bits per heavy atom. The summed E-state index contributed by atoms with van der Waals surface area (Å²) >= 11 is 0. The molecule has 0 heterocycles. The Morgan fingerprint density at radius 1 is 0.923 bits per heavy atom. The zero-order valence-corrected chi connectivity index (χ0v) is 10.7. The van der Waals surface area contributed by atoms with Gasteiger partial charge in [0.25, 0.3) is 0 Å². The largest absolute Gasteiger partial charge is 0.300 e. The summed E-state index contributed by atoms with van der Waals surface area (Å²) in [5, 5.41) is 6.83. The van der Waals surface area contributed by atoms with Crippen LogP contribution in [0.3, 0.4) is 0 Å². The average Bonchev–Trinajstić information content (AvgIpc) is 1.85. The van der Waals surface area contributed by atoms with Crippen LogP contribution in [0.15, 0.2) is 0 Å². The van der Waals surface area contributed by atoms with Crippen molar-refractivity contribution in [2.75, 3.05) is 0 Å². The molecule has 0 aliphatic heterocycles. The third kappa shape index (κ3) is 14.7. The Labute approximate surface area is 84.5 Å². The van der Waals surface area contributed by atoms with Crippen LogP contribution in [0.2, 0.25) is 0 Å². The van der Waals surface area contributed by atoms with Crippen LogP contribution in [-0.2, 0) is 0 Å². The second-order valence-electron chi connectivity index (χ2n) is 4.44. The number of hydrogen-bond donors (Lipinski definition) is 2. The molecule has 13 heavy (non-hydrogen) atoms. The summed E-state index contributed by atoms with van der Waals surface area (Å²) in [7, 11) is 0. The van der Waals surface area contributed by atoms with E-state index in [-0.39, 0.29) is 5.54 Å². The lowest BCUT2D eigenvalue weighted by atomic mass is 10.1. The van der Waals surface area contributed by atoms with Crippen molar-refractivity contribution < 1.29 is 0 Å². The van der Waals surface area contributed by atoms with E-state index in [4.69, 9.17) is 0 Å². The zero-order chi connectivity index (χ0) is 11.1. The summed E-state index contributed by atoms with van der Waals surface area (Å²) in [4.78, 5) is 0. The molecule has 0 saturated heterocycles. The third-order valence-corrected chi connectivity index (χ3v) is 1.23. The van der Waals surface area contributed by atoms with Crippen LogP contribution in [-0.4, -0.2) is 17.7 Å². The molecule has 2 N–H and O–H groups in total.